The molecule has 2 N–H and O–H groups in total. The molecule has 0 radical (unpaired) electrons. The molecule has 0 aromatic rings. The number of hydrogen-bond donors (Lipinski definition) is 2. The van der Waals surface area contributed by atoms with Crippen LogP contribution in [0.2, 0.25) is 0 Å². The molecule has 5 heteroatoms. The third-order valence-electron chi connectivity index (χ3n) is 7.13. The number of carbonyl (C=O) groups excluding carboxylic acids is 2. The van der Waals surface area contributed by atoms with E-state index in [9.17, 15) is 19.8 Å². The average Bonchev–Trinajstić information content (AvgIpc) is 2.74. The van der Waals surface area contributed by atoms with Gasteiger partial charge in [0.15, 0.2) is 5.78 Å². The maximum Gasteiger partial charge on any atom is 0.315 e. The lowest BCUT2D eigenvalue weighted by Crippen LogP contribution is -2.68. The lowest BCUT2D eigenvalue weighted by molar-refractivity contribution is -0.221. The average molecular weight is 332 g/mol. The Morgan fingerprint density at radius 3 is 2.62 bits per heavy atom. The highest BCUT2D eigenvalue weighted by Crippen LogP contribution is 2.66. The van der Waals surface area contributed by atoms with Crippen LogP contribution in [0, 0.1) is 28.1 Å². The van der Waals surface area contributed by atoms with Crippen LogP contribution >= 0.6 is 0 Å². The minimum absolute atomic E-state index is 0.0818. The molecule has 0 amide bonds. The van der Waals surface area contributed by atoms with Crippen molar-refractivity contribution >= 4 is 11.8 Å². The van der Waals surface area contributed by atoms with E-state index in [-0.39, 0.29) is 18.3 Å². The van der Waals surface area contributed by atoms with Crippen molar-refractivity contribution in [3.63, 3.8) is 0 Å². The van der Waals surface area contributed by atoms with Gasteiger partial charge >= 0.3 is 5.97 Å². The first kappa shape index (κ1) is 16.0. The van der Waals surface area contributed by atoms with Gasteiger partial charge in [0.1, 0.15) is 12.0 Å². The van der Waals surface area contributed by atoms with Gasteiger partial charge in [-0.2, -0.15) is 0 Å². The van der Waals surface area contributed by atoms with E-state index in [4.69, 9.17) is 4.74 Å². The molecule has 1 aliphatic heterocycles. The number of allylic oxidation sites excluding steroid dienone is 1. The van der Waals surface area contributed by atoms with Crippen LogP contribution in [0.1, 0.15) is 33.1 Å². The number of hydrogen-bond acceptors (Lipinski definition) is 5. The first-order valence-electron chi connectivity index (χ1n) is 8.63. The fourth-order valence-electron chi connectivity index (χ4n) is 5.77. The van der Waals surface area contributed by atoms with E-state index in [1.807, 2.05) is 13.8 Å². The number of fused-ring (bicyclic) bond motifs is 2. The SMILES string of the molecule is C=C1[C@@H]2CC[C@@H]3[C@@](C2)(C(=O)OC[C@@]32C(=O)C=CC(C)(C)[C@H]2O)[C@@H]1O. The summed E-state index contributed by atoms with van der Waals surface area (Å²) in [5.41, 5.74) is -2.26. The number of cyclic esters (lactones) is 1. The number of ether oxygens (including phenoxy) is 1. The molecule has 1 saturated heterocycles. The molecule has 0 aromatic heterocycles. The third-order valence-corrected chi connectivity index (χ3v) is 7.13. The van der Waals surface area contributed by atoms with Gasteiger partial charge in [-0.25, -0.2) is 0 Å². The quantitative estimate of drug-likeness (QED) is 0.517. The first-order chi connectivity index (χ1) is 11.2. The monoisotopic (exact) mass is 332 g/mol. The van der Waals surface area contributed by atoms with Crippen molar-refractivity contribution in [2.24, 2.45) is 28.1 Å². The molecular weight excluding hydrogens is 308 g/mol. The highest BCUT2D eigenvalue weighted by Gasteiger charge is 2.73. The Morgan fingerprint density at radius 2 is 1.92 bits per heavy atom. The van der Waals surface area contributed by atoms with Crippen molar-refractivity contribution in [1.82, 2.24) is 0 Å². The van der Waals surface area contributed by atoms with Gasteiger partial charge in [-0.1, -0.05) is 26.5 Å². The van der Waals surface area contributed by atoms with Gasteiger partial charge in [0.2, 0.25) is 0 Å². The molecule has 4 aliphatic rings. The fraction of sp³-hybridized carbons (Fsp3) is 0.684. The second-order valence-corrected chi connectivity index (χ2v) is 8.59. The number of rotatable bonds is 0. The number of aliphatic hydroxyl groups is 2. The standard InChI is InChI=1S/C19H24O5/c1-10-11-4-5-12-18(8-11,14(10)21)16(23)24-9-19(12)13(20)6-7-17(2,3)15(19)22/h6-7,11-12,14-15,21-22H,1,4-5,8-9H2,2-3H3/t11-,12-,14-,15-,18-,19+/m1/s1. The molecule has 5 nitrogen and oxygen atoms in total. The Morgan fingerprint density at radius 1 is 1.21 bits per heavy atom. The van der Waals surface area contributed by atoms with Crippen LogP contribution in [0.5, 0.6) is 0 Å². The summed E-state index contributed by atoms with van der Waals surface area (Å²) in [6.45, 7) is 7.62. The number of ketones is 1. The minimum Gasteiger partial charge on any atom is -0.464 e. The van der Waals surface area contributed by atoms with E-state index in [0.717, 1.165) is 6.42 Å². The molecule has 3 aliphatic carbocycles. The van der Waals surface area contributed by atoms with Crippen molar-refractivity contribution in [3.05, 3.63) is 24.3 Å². The zero-order valence-corrected chi connectivity index (χ0v) is 14.1. The summed E-state index contributed by atoms with van der Waals surface area (Å²) in [5, 5.41) is 21.9. The molecule has 4 rings (SSSR count). The highest BCUT2D eigenvalue weighted by atomic mass is 16.5. The van der Waals surface area contributed by atoms with Gasteiger partial charge in [0.05, 0.1) is 17.6 Å². The second-order valence-electron chi connectivity index (χ2n) is 8.59. The van der Waals surface area contributed by atoms with Gasteiger partial charge in [0, 0.05) is 5.41 Å². The summed E-state index contributed by atoms with van der Waals surface area (Å²) in [6, 6.07) is 0. The van der Waals surface area contributed by atoms with E-state index >= 15 is 0 Å². The highest BCUT2D eigenvalue weighted by molar-refractivity contribution is 5.99. The second kappa shape index (κ2) is 4.58. The van der Waals surface area contributed by atoms with Crippen LogP contribution in [0.15, 0.2) is 24.3 Å². The summed E-state index contributed by atoms with van der Waals surface area (Å²) in [7, 11) is 0. The number of carbonyl (C=O) groups is 2. The predicted octanol–water partition coefficient (Wildman–Crippen LogP) is 1.39. The van der Waals surface area contributed by atoms with Gasteiger partial charge in [0.25, 0.3) is 0 Å². The molecule has 3 fully saturated rings. The molecule has 2 saturated carbocycles. The van der Waals surface area contributed by atoms with Crippen molar-refractivity contribution < 1.29 is 24.5 Å². The zero-order chi connectivity index (χ0) is 17.5. The Hall–Kier alpha value is -1.46. The van der Waals surface area contributed by atoms with Crippen LogP contribution in [-0.4, -0.2) is 40.8 Å². The van der Waals surface area contributed by atoms with Crippen LogP contribution in [0.4, 0.5) is 0 Å². The molecule has 1 heterocycles. The van der Waals surface area contributed by atoms with E-state index in [0.29, 0.717) is 18.4 Å². The summed E-state index contributed by atoms with van der Waals surface area (Å²) in [5.74, 6) is -0.988. The molecule has 0 unspecified atom stereocenters. The van der Waals surface area contributed by atoms with Crippen molar-refractivity contribution in [2.75, 3.05) is 6.61 Å². The normalized spacial score (nSPS) is 49.2. The summed E-state index contributed by atoms with van der Waals surface area (Å²) in [4.78, 5) is 25.7. The van der Waals surface area contributed by atoms with Crippen LogP contribution < -0.4 is 0 Å². The van der Waals surface area contributed by atoms with Gasteiger partial charge in [-0.15, -0.1) is 0 Å². The molecule has 2 bridgehead atoms. The lowest BCUT2D eigenvalue weighted by Gasteiger charge is -2.57. The molecular formula is C19H24O5. The Kier molecular flexibility index (Phi) is 3.06. The lowest BCUT2D eigenvalue weighted by atomic mass is 9.48. The molecule has 130 valence electrons. The molecule has 24 heavy (non-hydrogen) atoms. The third kappa shape index (κ3) is 1.58. The van der Waals surface area contributed by atoms with Crippen LogP contribution in [0.25, 0.3) is 0 Å². The van der Waals surface area contributed by atoms with Gasteiger partial charge in [-0.3, -0.25) is 9.59 Å². The van der Waals surface area contributed by atoms with E-state index in [1.54, 1.807) is 6.08 Å². The fourth-order valence-corrected chi connectivity index (χ4v) is 5.77. The maximum atomic E-state index is 12.9. The number of esters is 1. The van der Waals surface area contributed by atoms with Crippen LogP contribution in [0.3, 0.4) is 0 Å². The zero-order valence-electron chi connectivity index (χ0n) is 14.1. The molecule has 2 spiro atoms. The van der Waals surface area contributed by atoms with Crippen LogP contribution in [-0.2, 0) is 14.3 Å². The predicted molar refractivity (Wildman–Crippen MR) is 85.7 cm³/mol. The van der Waals surface area contributed by atoms with Crippen molar-refractivity contribution in [2.45, 2.75) is 45.3 Å². The largest absolute Gasteiger partial charge is 0.464 e. The summed E-state index contributed by atoms with van der Waals surface area (Å²) < 4.78 is 5.46. The smallest absolute Gasteiger partial charge is 0.315 e. The van der Waals surface area contributed by atoms with Gasteiger partial charge in [-0.05, 0) is 42.7 Å². The van der Waals surface area contributed by atoms with E-state index in [2.05, 4.69) is 6.58 Å². The Labute approximate surface area is 141 Å². The minimum atomic E-state index is -1.18. The Bertz CT molecular complexity index is 677. The molecule has 6 atom stereocenters. The summed E-state index contributed by atoms with van der Waals surface area (Å²) in [6.07, 6.45) is 3.13. The van der Waals surface area contributed by atoms with Crippen molar-refractivity contribution in [3.8, 4) is 0 Å². The first-order valence-corrected chi connectivity index (χ1v) is 8.63. The van der Waals surface area contributed by atoms with Gasteiger partial charge < -0.3 is 14.9 Å². The summed E-state index contributed by atoms with van der Waals surface area (Å²) >= 11 is 0. The van der Waals surface area contributed by atoms with Crippen molar-refractivity contribution in [1.29, 1.82) is 0 Å². The molecule has 0 aromatic carbocycles. The van der Waals surface area contributed by atoms with E-state index < -0.39 is 40.3 Å². The number of aliphatic hydroxyl groups excluding tert-OH is 2. The maximum absolute atomic E-state index is 12.9. The topological polar surface area (TPSA) is 83.8 Å². The van der Waals surface area contributed by atoms with E-state index in [1.165, 1.54) is 6.08 Å². The Balaban J connectivity index is 1.91.